The second-order valence-corrected chi connectivity index (χ2v) is 6.75. The van der Waals surface area contributed by atoms with Gasteiger partial charge in [0, 0.05) is 25.5 Å². The zero-order chi connectivity index (χ0) is 12.7. The largest absolute Gasteiger partial charge is 0.288 e. The number of benzene rings is 1. The Bertz CT molecular complexity index is 744. The van der Waals surface area contributed by atoms with Crippen LogP contribution in [0.2, 0.25) is 5.02 Å². The van der Waals surface area contributed by atoms with Gasteiger partial charge in [-0.25, -0.2) is 0 Å². The summed E-state index contributed by atoms with van der Waals surface area (Å²) in [6.07, 6.45) is 0. The van der Waals surface area contributed by atoms with Crippen LogP contribution >= 0.6 is 50.2 Å². The van der Waals surface area contributed by atoms with E-state index in [9.17, 15) is 4.79 Å². The lowest BCUT2D eigenvalue weighted by molar-refractivity contribution is 0.104. The fourth-order valence-electron chi connectivity index (χ4n) is 1.78. The smallest absolute Gasteiger partial charge is 0.205 e. The Morgan fingerprint density at radius 2 is 2.06 bits per heavy atom. The zero-order valence-electron chi connectivity index (χ0n) is 8.94. The molecule has 2 aromatic heterocycles. The average molecular weight is 358 g/mol. The van der Waals surface area contributed by atoms with E-state index < -0.39 is 0 Å². The first-order valence-corrected chi connectivity index (χ1v) is 8.05. The van der Waals surface area contributed by atoms with Crippen LogP contribution in [0.15, 0.2) is 39.5 Å². The molecule has 1 nitrogen and oxygen atoms in total. The maximum atomic E-state index is 12.4. The molecule has 0 unspecified atom stereocenters. The highest BCUT2D eigenvalue weighted by atomic mass is 79.9. The van der Waals surface area contributed by atoms with E-state index in [0.29, 0.717) is 9.90 Å². The van der Waals surface area contributed by atoms with E-state index in [1.807, 2.05) is 29.0 Å². The van der Waals surface area contributed by atoms with Gasteiger partial charge in [0.15, 0.2) is 0 Å². The normalized spacial score (nSPS) is 11.0. The van der Waals surface area contributed by atoms with E-state index >= 15 is 0 Å². The number of carbonyl (C=O) groups excluding carboxylic acids is 1. The van der Waals surface area contributed by atoms with Crippen molar-refractivity contribution in [1.29, 1.82) is 0 Å². The maximum absolute atomic E-state index is 12.4. The molecule has 0 aliphatic heterocycles. The Labute approximate surface area is 125 Å². The van der Waals surface area contributed by atoms with Crippen molar-refractivity contribution in [2.45, 2.75) is 0 Å². The van der Waals surface area contributed by atoms with Crippen molar-refractivity contribution in [2.75, 3.05) is 0 Å². The van der Waals surface area contributed by atoms with Crippen LogP contribution < -0.4 is 0 Å². The predicted octanol–water partition coefficient (Wildman–Crippen LogP) is 5.61. The van der Waals surface area contributed by atoms with Gasteiger partial charge in [0.25, 0.3) is 0 Å². The monoisotopic (exact) mass is 356 g/mol. The van der Waals surface area contributed by atoms with E-state index in [1.165, 1.54) is 11.3 Å². The third-order valence-corrected chi connectivity index (χ3v) is 5.91. The van der Waals surface area contributed by atoms with Gasteiger partial charge >= 0.3 is 0 Å². The molecule has 0 aliphatic rings. The van der Waals surface area contributed by atoms with Crippen molar-refractivity contribution >= 4 is 66.1 Å². The summed E-state index contributed by atoms with van der Waals surface area (Å²) < 4.78 is 2.11. The number of thiophene rings is 2. The Morgan fingerprint density at radius 1 is 1.22 bits per heavy atom. The lowest BCUT2D eigenvalue weighted by Crippen LogP contribution is -1.97. The molecule has 90 valence electrons. The van der Waals surface area contributed by atoms with Crippen LogP contribution in [0.1, 0.15) is 15.2 Å². The van der Waals surface area contributed by atoms with E-state index in [-0.39, 0.29) is 5.78 Å². The summed E-state index contributed by atoms with van der Waals surface area (Å²) in [5.41, 5.74) is 0.723. The second kappa shape index (κ2) is 4.78. The standard InChI is InChI=1S/C13H6BrClOS2/c14-9-3-1-2-7-8(6-18-12(7)9)11(16)13-10(15)4-5-17-13/h1-6H. The molecule has 3 rings (SSSR count). The Balaban J connectivity index is 2.19. The Morgan fingerprint density at radius 3 is 2.78 bits per heavy atom. The van der Waals surface area contributed by atoms with Gasteiger partial charge in [-0.15, -0.1) is 22.7 Å². The van der Waals surface area contributed by atoms with Crippen molar-refractivity contribution < 1.29 is 4.79 Å². The first kappa shape index (κ1) is 12.4. The summed E-state index contributed by atoms with van der Waals surface area (Å²) in [5.74, 6) is -0.000602. The van der Waals surface area contributed by atoms with Crippen LogP contribution in [-0.2, 0) is 0 Å². The number of fused-ring (bicyclic) bond motifs is 1. The molecule has 0 bridgehead atoms. The minimum absolute atomic E-state index is 0.000602. The van der Waals surface area contributed by atoms with Crippen LogP contribution in [0.25, 0.3) is 10.1 Å². The number of hydrogen-bond donors (Lipinski definition) is 0. The van der Waals surface area contributed by atoms with Crippen molar-refractivity contribution in [3.8, 4) is 0 Å². The molecule has 0 fully saturated rings. The molecular weight excluding hydrogens is 352 g/mol. The summed E-state index contributed by atoms with van der Waals surface area (Å²) in [7, 11) is 0. The number of rotatable bonds is 2. The lowest BCUT2D eigenvalue weighted by atomic mass is 10.1. The SMILES string of the molecule is O=C(c1sccc1Cl)c1csc2c(Br)cccc12. The summed E-state index contributed by atoms with van der Waals surface area (Å²) >= 11 is 12.5. The highest BCUT2D eigenvalue weighted by molar-refractivity contribution is 9.10. The van der Waals surface area contributed by atoms with Crippen molar-refractivity contribution in [3.05, 3.63) is 55.0 Å². The molecule has 2 heterocycles. The van der Waals surface area contributed by atoms with Crippen LogP contribution in [0, 0.1) is 0 Å². The molecule has 5 heteroatoms. The van der Waals surface area contributed by atoms with Gasteiger partial charge in [0.05, 0.1) is 9.90 Å². The first-order chi connectivity index (χ1) is 8.68. The highest BCUT2D eigenvalue weighted by Gasteiger charge is 2.18. The second-order valence-electron chi connectivity index (χ2n) is 3.69. The molecule has 0 saturated carbocycles. The van der Waals surface area contributed by atoms with E-state index in [2.05, 4.69) is 15.9 Å². The third-order valence-electron chi connectivity index (χ3n) is 2.62. The predicted molar refractivity (Wildman–Crippen MR) is 82.3 cm³/mol. The summed E-state index contributed by atoms with van der Waals surface area (Å²) in [6.45, 7) is 0. The molecule has 0 aliphatic carbocycles. The van der Waals surface area contributed by atoms with Gasteiger partial charge in [-0.05, 0) is 33.4 Å². The van der Waals surface area contributed by atoms with Crippen LogP contribution in [-0.4, -0.2) is 5.78 Å². The van der Waals surface area contributed by atoms with Gasteiger partial charge in [0.2, 0.25) is 5.78 Å². The van der Waals surface area contributed by atoms with Crippen molar-refractivity contribution in [1.82, 2.24) is 0 Å². The number of carbonyl (C=O) groups is 1. The molecular formula is C13H6BrClOS2. The van der Waals surface area contributed by atoms with Gasteiger partial charge in [-0.3, -0.25) is 4.79 Å². The minimum atomic E-state index is -0.000602. The molecule has 0 N–H and O–H groups in total. The minimum Gasteiger partial charge on any atom is -0.288 e. The fourth-order valence-corrected chi connectivity index (χ4v) is 4.47. The Hall–Kier alpha value is -0.680. The molecule has 0 saturated heterocycles. The molecule has 0 atom stereocenters. The topological polar surface area (TPSA) is 17.1 Å². The van der Waals surface area contributed by atoms with E-state index in [4.69, 9.17) is 11.6 Å². The van der Waals surface area contributed by atoms with E-state index in [0.717, 1.165) is 20.1 Å². The van der Waals surface area contributed by atoms with Gasteiger partial charge in [0.1, 0.15) is 0 Å². The fraction of sp³-hybridized carbons (Fsp3) is 0. The van der Waals surface area contributed by atoms with Crippen LogP contribution in [0.3, 0.4) is 0 Å². The van der Waals surface area contributed by atoms with E-state index in [1.54, 1.807) is 17.4 Å². The molecule has 1 aromatic carbocycles. The van der Waals surface area contributed by atoms with Crippen LogP contribution in [0.5, 0.6) is 0 Å². The number of hydrogen-bond acceptors (Lipinski definition) is 3. The van der Waals surface area contributed by atoms with Gasteiger partial charge in [-0.1, -0.05) is 23.7 Å². The number of halogens is 2. The molecule has 0 spiro atoms. The molecule has 18 heavy (non-hydrogen) atoms. The summed E-state index contributed by atoms with van der Waals surface area (Å²) in [5, 5.41) is 5.23. The maximum Gasteiger partial charge on any atom is 0.205 e. The number of ketones is 1. The third kappa shape index (κ3) is 1.93. The first-order valence-electron chi connectivity index (χ1n) is 5.12. The van der Waals surface area contributed by atoms with Crippen LogP contribution in [0.4, 0.5) is 0 Å². The Kier molecular flexibility index (Phi) is 3.28. The van der Waals surface area contributed by atoms with Gasteiger partial charge in [-0.2, -0.15) is 0 Å². The molecule has 0 radical (unpaired) electrons. The van der Waals surface area contributed by atoms with Crippen molar-refractivity contribution in [2.24, 2.45) is 0 Å². The average Bonchev–Trinajstić information content (AvgIpc) is 2.95. The molecule has 3 aromatic rings. The zero-order valence-corrected chi connectivity index (χ0v) is 12.9. The summed E-state index contributed by atoms with van der Waals surface area (Å²) in [4.78, 5) is 13.0. The van der Waals surface area contributed by atoms with Crippen molar-refractivity contribution in [3.63, 3.8) is 0 Å². The molecule has 0 amide bonds. The lowest BCUT2D eigenvalue weighted by Gasteiger charge is -1.98. The highest BCUT2D eigenvalue weighted by Crippen LogP contribution is 2.35. The quantitative estimate of drug-likeness (QED) is 0.545. The van der Waals surface area contributed by atoms with Gasteiger partial charge < -0.3 is 0 Å². The summed E-state index contributed by atoms with van der Waals surface area (Å²) in [6, 6.07) is 7.63.